The molecule has 2 N–H and O–H groups in total. The van der Waals surface area contributed by atoms with Gasteiger partial charge in [-0.1, -0.05) is 103 Å². The summed E-state index contributed by atoms with van der Waals surface area (Å²) >= 11 is 0. The van der Waals surface area contributed by atoms with Crippen LogP contribution in [-0.2, 0) is 29.5 Å². The Morgan fingerprint density at radius 3 is 1.72 bits per heavy atom. The van der Waals surface area contributed by atoms with Gasteiger partial charge >= 0.3 is 19.5 Å². The fraction of sp³-hybridized carbons (Fsp3) is 0.0667. The van der Waals surface area contributed by atoms with Crippen molar-refractivity contribution >= 4 is 20.8 Å². The fourth-order valence-corrected chi connectivity index (χ4v) is 4.91. The van der Waals surface area contributed by atoms with Gasteiger partial charge in [-0.2, -0.15) is 36.4 Å². The Morgan fingerprint density at radius 2 is 1.17 bits per heavy atom. The monoisotopic (exact) mass is 580 g/mol. The quantitative estimate of drug-likeness (QED) is 0.177. The van der Waals surface area contributed by atoms with E-state index in [1.165, 1.54) is 0 Å². The number of benzene rings is 5. The van der Waals surface area contributed by atoms with E-state index in [0.29, 0.717) is 0 Å². The van der Waals surface area contributed by atoms with Gasteiger partial charge in [-0.25, -0.2) is 8.42 Å². The van der Waals surface area contributed by atoms with E-state index in [1.807, 2.05) is 115 Å². The number of hydrogen-bond acceptors (Lipinski definition) is 3. The predicted octanol–water partition coefficient (Wildman–Crippen LogP) is 6.83. The third kappa shape index (κ3) is 7.19. The minimum atomic E-state index is -3.91. The second kappa shape index (κ2) is 13.2. The van der Waals surface area contributed by atoms with Gasteiger partial charge in [0.1, 0.15) is 10.0 Å². The Hall–Kier alpha value is -3.15. The number of nitrogens with two attached hydrogens (primary N) is 1. The van der Waals surface area contributed by atoms with Gasteiger partial charge in [-0.15, -0.1) is 0 Å². The molecule has 6 heteroatoms. The van der Waals surface area contributed by atoms with Crippen LogP contribution in [0.1, 0.15) is 23.2 Å². The zero-order valence-corrected chi connectivity index (χ0v) is 22.0. The molecular weight excluding hydrogens is 553 g/mol. The molecule has 0 bridgehead atoms. The van der Waals surface area contributed by atoms with Crippen LogP contribution < -0.4 is 5.73 Å². The van der Waals surface area contributed by atoms with Crippen molar-refractivity contribution in [3.8, 4) is 0 Å². The van der Waals surface area contributed by atoms with Gasteiger partial charge in [0.15, 0.2) is 0 Å². The Balaban J connectivity index is 0.000000453. The molecule has 0 saturated carbocycles. The summed E-state index contributed by atoms with van der Waals surface area (Å²) in [7, 11) is -3.91. The van der Waals surface area contributed by atoms with Crippen LogP contribution in [0.2, 0.25) is 0 Å². The van der Waals surface area contributed by atoms with Crippen molar-refractivity contribution in [3.63, 3.8) is 0 Å². The summed E-state index contributed by atoms with van der Waals surface area (Å²) in [6, 6.07) is 42.6. The Kier molecular flexibility index (Phi) is 10.1. The summed E-state index contributed by atoms with van der Waals surface area (Å²) in [6.07, 6.45) is 0. The molecule has 0 saturated heterocycles. The van der Waals surface area contributed by atoms with Crippen molar-refractivity contribution in [2.45, 2.75) is 17.0 Å². The Bertz CT molecular complexity index is 1420. The molecule has 5 aromatic rings. The largest absolute Gasteiger partial charge is 2.00 e. The smallest absolute Gasteiger partial charge is 0.537 e. The van der Waals surface area contributed by atoms with Crippen LogP contribution in [0.3, 0.4) is 0 Å². The number of nitrogens with zero attached hydrogens (tertiary/aromatic N) is 1. The van der Waals surface area contributed by atoms with E-state index in [-0.39, 0.29) is 24.4 Å². The van der Waals surface area contributed by atoms with E-state index in [0.717, 1.165) is 21.9 Å². The second-order valence-corrected chi connectivity index (χ2v) is 9.59. The van der Waals surface area contributed by atoms with Gasteiger partial charge < -0.3 is 10.5 Å². The SMILES string of the molecule is NC(c1ccccc1)C([N-]S(=O)(=O)c1ccc2ccccc2c1)c1ccccc1.[Ru+2].[c-]1ccccc1. The maximum absolute atomic E-state index is 13.2. The first kappa shape index (κ1) is 27.4. The molecule has 5 aromatic carbocycles. The zero-order chi connectivity index (χ0) is 24.5. The van der Waals surface area contributed by atoms with Gasteiger partial charge in [-0.3, -0.25) is 0 Å². The standard InChI is InChI=1S/C24H21N2O2S.C6H5.Ru/c25-23(19-10-3-1-4-11-19)24(20-12-5-2-6-13-20)26-29(27,28)22-16-15-18-9-7-8-14-21(18)17-22;1-2-4-6-5-3-1;/h1-17,23-24H,25H2;1-5H;/q2*-1;+2. The molecule has 36 heavy (non-hydrogen) atoms. The van der Waals surface area contributed by atoms with Gasteiger partial charge in [0.25, 0.3) is 0 Å². The molecule has 0 spiro atoms. The summed E-state index contributed by atoms with van der Waals surface area (Å²) in [4.78, 5) is 0.164. The van der Waals surface area contributed by atoms with E-state index in [2.05, 4.69) is 10.8 Å². The predicted molar refractivity (Wildman–Crippen MR) is 142 cm³/mol. The third-order valence-corrected chi connectivity index (χ3v) is 6.90. The van der Waals surface area contributed by atoms with E-state index in [9.17, 15) is 8.42 Å². The third-order valence-electron chi connectivity index (χ3n) is 5.54. The topological polar surface area (TPSA) is 74.3 Å². The molecular formula is C30H26N2O2RuS. The van der Waals surface area contributed by atoms with E-state index < -0.39 is 22.1 Å². The Labute approximate surface area is 226 Å². The summed E-state index contributed by atoms with van der Waals surface area (Å²) in [5, 5.41) is 1.83. The van der Waals surface area contributed by atoms with Crippen LogP contribution >= 0.6 is 0 Å². The van der Waals surface area contributed by atoms with Gasteiger partial charge in [0.05, 0.1) is 0 Å². The maximum Gasteiger partial charge on any atom is 2.00 e. The van der Waals surface area contributed by atoms with Crippen molar-refractivity contribution in [2.75, 3.05) is 0 Å². The van der Waals surface area contributed by atoms with Crippen LogP contribution in [0.25, 0.3) is 15.5 Å². The van der Waals surface area contributed by atoms with Gasteiger partial charge in [0, 0.05) is 10.9 Å². The maximum atomic E-state index is 13.2. The second-order valence-electron chi connectivity index (χ2n) is 7.96. The molecule has 5 rings (SSSR count). The normalized spacial score (nSPS) is 12.5. The van der Waals surface area contributed by atoms with E-state index >= 15 is 0 Å². The summed E-state index contributed by atoms with van der Waals surface area (Å²) in [5.41, 5.74) is 8.08. The molecule has 0 radical (unpaired) electrons. The molecule has 0 aliphatic rings. The van der Waals surface area contributed by atoms with Gasteiger partial charge in [0.2, 0.25) is 0 Å². The summed E-state index contributed by atoms with van der Waals surface area (Å²) < 4.78 is 30.6. The van der Waals surface area contributed by atoms with Crippen molar-refractivity contribution < 1.29 is 27.9 Å². The molecule has 0 heterocycles. The average molecular weight is 580 g/mol. The average Bonchev–Trinajstić information content (AvgIpc) is 2.93. The number of fused-ring (bicyclic) bond motifs is 1. The molecule has 0 fully saturated rings. The van der Waals surface area contributed by atoms with Crippen molar-refractivity contribution in [3.05, 3.63) is 155 Å². The van der Waals surface area contributed by atoms with E-state index in [1.54, 1.807) is 18.2 Å². The molecule has 2 unspecified atom stereocenters. The Morgan fingerprint density at radius 1 is 0.639 bits per heavy atom. The van der Waals surface area contributed by atoms with E-state index in [4.69, 9.17) is 5.73 Å². The summed E-state index contributed by atoms with van der Waals surface area (Å²) in [6.45, 7) is 0. The molecule has 0 aliphatic heterocycles. The minimum absolute atomic E-state index is 0. The summed E-state index contributed by atoms with van der Waals surface area (Å²) in [5.74, 6) is 0. The molecule has 2 atom stereocenters. The van der Waals surface area contributed by atoms with Crippen molar-refractivity contribution in [1.82, 2.24) is 0 Å². The van der Waals surface area contributed by atoms with Crippen molar-refractivity contribution in [2.24, 2.45) is 5.73 Å². The van der Waals surface area contributed by atoms with Crippen LogP contribution in [-0.4, -0.2) is 8.42 Å². The number of hydrogen-bond donors (Lipinski definition) is 1. The molecule has 0 aromatic heterocycles. The van der Waals surface area contributed by atoms with Gasteiger partial charge in [-0.05, 0) is 28.5 Å². The first-order chi connectivity index (χ1) is 17.0. The van der Waals surface area contributed by atoms with Crippen LogP contribution in [0, 0.1) is 6.07 Å². The molecule has 0 aliphatic carbocycles. The fourth-order valence-electron chi connectivity index (χ4n) is 3.72. The van der Waals surface area contributed by atoms with Crippen LogP contribution in [0.5, 0.6) is 0 Å². The van der Waals surface area contributed by atoms with Crippen LogP contribution in [0.4, 0.5) is 0 Å². The molecule has 182 valence electrons. The molecule has 0 amide bonds. The zero-order valence-electron chi connectivity index (χ0n) is 19.5. The van der Waals surface area contributed by atoms with Crippen molar-refractivity contribution in [1.29, 1.82) is 0 Å². The first-order valence-corrected chi connectivity index (χ1v) is 12.7. The van der Waals surface area contributed by atoms with Crippen LogP contribution in [0.15, 0.2) is 138 Å². The molecule has 4 nitrogen and oxygen atoms in total. The number of sulfonamides is 1. The number of rotatable bonds is 6. The minimum Gasteiger partial charge on any atom is -0.537 e. The first-order valence-electron chi connectivity index (χ1n) is 11.3.